The molecule has 0 radical (unpaired) electrons. The number of carbonyl (C=O) groups is 5. The van der Waals surface area contributed by atoms with E-state index in [9.17, 15) is 24.0 Å². The number of aliphatic hydroxyl groups is 1. The predicted molar refractivity (Wildman–Crippen MR) is 253 cm³/mol. The van der Waals surface area contributed by atoms with E-state index in [-0.39, 0.29) is 26.4 Å². The normalized spacial score (nSPS) is 11.8. The van der Waals surface area contributed by atoms with Gasteiger partial charge in [0.05, 0.1) is 19.8 Å². The van der Waals surface area contributed by atoms with E-state index in [1.54, 1.807) is 44.2 Å². The minimum atomic E-state index is -0.526. The SMILES string of the molecule is CC(CO)OC(=O)/C=C/c1ccccc1.CC(COC(=O)/C=C/c1ccccc1)OC(=O)/C=C/c1ccccc1.O=C(/C=C/c1ccccc1)OCCCOC(=O)/C=C/c1ccccc1. The molecular weight excluding hydrogens is 825 g/mol. The molecule has 0 aliphatic rings. The van der Waals surface area contributed by atoms with Gasteiger partial charge in [0.1, 0.15) is 18.8 Å². The average Bonchev–Trinajstić information content (AvgIpc) is 3.34. The van der Waals surface area contributed by atoms with Gasteiger partial charge in [-0.2, -0.15) is 0 Å². The maximum absolute atomic E-state index is 11.7. The second-order valence-electron chi connectivity index (χ2n) is 13.7. The van der Waals surface area contributed by atoms with Crippen LogP contribution < -0.4 is 0 Å². The van der Waals surface area contributed by atoms with E-state index >= 15 is 0 Å². The van der Waals surface area contributed by atoms with Crippen molar-refractivity contribution in [2.24, 2.45) is 0 Å². The van der Waals surface area contributed by atoms with E-state index in [0.29, 0.717) is 6.42 Å². The summed E-state index contributed by atoms with van der Waals surface area (Å²) >= 11 is 0. The first-order valence-corrected chi connectivity index (χ1v) is 20.8. The number of esters is 5. The highest BCUT2D eigenvalue weighted by Gasteiger charge is 2.09. The number of rotatable bonds is 19. The number of hydrogen-bond acceptors (Lipinski definition) is 11. The van der Waals surface area contributed by atoms with Crippen LogP contribution in [0.1, 0.15) is 48.1 Å². The lowest BCUT2D eigenvalue weighted by molar-refractivity contribution is -0.151. The summed E-state index contributed by atoms with van der Waals surface area (Å²) in [5, 5.41) is 8.67. The quantitative estimate of drug-likeness (QED) is 0.0366. The van der Waals surface area contributed by atoms with Gasteiger partial charge in [-0.25, -0.2) is 24.0 Å². The van der Waals surface area contributed by atoms with Crippen LogP contribution in [0.2, 0.25) is 0 Å². The highest BCUT2D eigenvalue weighted by molar-refractivity contribution is 5.89. The molecule has 336 valence electrons. The van der Waals surface area contributed by atoms with E-state index in [1.165, 1.54) is 30.4 Å². The summed E-state index contributed by atoms with van der Waals surface area (Å²) < 4.78 is 25.1. The van der Waals surface area contributed by atoms with Crippen LogP contribution in [0.3, 0.4) is 0 Å². The third-order valence-corrected chi connectivity index (χ3v) is 8.19. The number of ether oxygens (including phenoxy) is 5. The Kier molecular flexibility index (Phi) is 25.2. The van der Waals surface area contributed by atoms with Gasteiger partial charge < -0.3 is 28.8 Å². The summed E-state index contributed by atoms with van der Waals surface area (Å²) in [5.74, 6) is -2.24. The van der Waals surface area contributed by atoms with E-state index in [1.807, 2.05) is 152 Å². The maximum atomic E-state index is 11.7. The number of carbonyl (C=O) groups excluding carboxylic acids is 5. The fourth-order valence-electron chi connectivity index (χ4n) is 4.94. The van der Waals surface area contributed by atoms with Gasteiger partial charge in [0.2, 0.25) is 0 Å². The van der Waals surface area contributed by atoms with Crippen molar-refractivity contribution in [1.29, 1.82) is 0 Å². The standard InChI is InChI=1S/2C21H20O4.C12H14O3/c1-17(25-21(23)15-13-19-10-6-3-7-11-19)16-24-20(22)14-12-18-8-4-2-5-9-18;22-20(14-12-18-8-3-1-4-9-18)24-16-7-17-25-21(23)15-13-19-10-5-2-6-11-19;1-10(9-13)15-12(14)8-7-11-5-3-2-4-6-11/h2-15,17H,16H2,1H3;1-6,8-15H,7,16-17H2;2-8,10,13H,9H2,1H3/b2*14-12+,15-13+;8-7+. The lowest BCUT2D eigenvalue weighted by Gasteiger charge is -2.11. The average molecular weight is 879 g/mol. The lowest BCUT2D eigenvalue weighted by atomic mass is 10.2. The smallest absolute Gasteiger partial charge is 0.331 e. The van der Waals surface area contributed by atoms with Crippen molar-refractivity contribution in [3.05, 3.63) is 210 Å². The van der Waals surface area contributed by atoms with Crippen molar-refractivity contribution in [1.82, 2.24) is 0 Å². The topological polar surface area (TPSA) is 152 Å². The summed E-state index contributed by atoms with van der Waals surface area (Å²) in [5.41, 5.74) is 4.61. The zero-order valence-corrected chi connectivity index (χ0v) is 36.4. The molecule has 0 aliphatic carbocycles. The monoisotopic (exact) mass is 878 g/mol. The molecule has 11 heteroatoms. The molecule has 1 N–H and O–H groups in total. The third kappa shape index (κ3) is 25.6. The maximum Gasteiger partial charge on any atom is 0.331 e. The summed E-state index contributed by atoms with van der Waals surface area (Å²) in [7, 11) is 0. The molecule has 0 saturated carbocycles. The molecule has 5 aromatic carbocycles. The van der Waals surface area contributed by atoms with Gasteiger partial charge in [-0.15, -0.1) is 0 Å². The van der Waals surface area contributed by atoms with E-state index in [2.05, 4.69) is 0 Å². The van der Waals surface area contributed by atoms with Crippen molar-refractivity contribution in [2.45, 2.75) is 32.5 Å². The van der Waals surface area contributed by atoms with Crippen molar-refractivity contribution >= 4 is 60.2 Å². The van der Waals surface area contributed by atoms with Crippen LogP contribution >= 0.6 is 0 Å². The molecule has 0 saturated heterocycles. The van der Waals surface area contributed by atoms with Crippen LogP contribution in [0.25, 0.3) is 30.4 Å². The Balaban J connectivity index is 0.000000268. The summed E-state index contributed by atoms with van der Waals surface area (Å²) in [6.45, 7) is 3.55. The fourth-order valence-corrected chi connectivity index (χ4v) is 4.94. The van der Waals surface area contributed by atoms with Gasteiger partial charge >= 0.3 is 29.8 Å². The van der Waals surface area contributed by atoms with Crippen molar-refractivity contribution in [3.63, 3.8) is 0 Å². The molecule has 5 rings (SSSR count). The molecule has 2 atom stereocenters. The second-order valence-corrected chi connectivity index (χ2v) is 13.7. The highest BCUT2D eigenvalue weighted by atomic mass is 16.6. The van der Waals surface area contributed by atoms with Crippen molar-refractivity contribution in [2.75, 3.05) is 26.4 Å². The molecule has 0 heterocycles. The molecule has 0 fully saturated rings. The first-order chi connectivity index (χ1) is 31.6. The molecule has 0 spiro atoms. The van der Waals surface area contributed by atoms with Crippen molar-refractivity contribution < 1.29 is 52.8 Å². The molecule has 0 amide bonds. The van der Waals surface area contributed by atoms with Crippen LogP contribution in [-0.2, 0) is 47.7 Å². The molecule has 5 aromatic rings. The Morgan fingerprint density at radius 3 is 0.954 bits per heavy atom. The number of hydrogen-bond donors (Lipinski definition) is 1. The molecule has 11 nitrogen and oxygen atoms in total. The first-order valence-electron chi connectivity index (χ1n) is 20.8. The third-order valence-electron chi connectivity index (χ3n) is 8.19. The fraction of sp³-hybridized carbons (Fsp3) is 0.167. The van der Waals surface area contributed by atoms with Crippen molar-refractivity contribution in [3.8, 4) is 0 Å². The largest absolute Gasteiger partial charge is 0.462 e. The minimum absolute atomic E-state index is 0.00286. The first kappa shape index (κ1) is 51.5. The summed E-state index contributed by atoms with van der Waals surface area (Å²) in [4.78, 5) is 57.6. The van der Waals surface area contributed by atoms with E-state index in [4.69, 9.17) is 28.8 Å². The Hall–Kier alpha value is -7.89. The Labute approximate surface area is 380 Å². The van der Waals surface area contributed by atoms with Gasteiger partial charge in [0.15, 0.2) is 0 Å². The molecule has 2 unspecified atom stereocenters. The molecule has 0 bridgehead atoms. The Bertz CT molecular complexity index is 2220. The molecule has 0 aliphatic heterocycles. The summed E-state index contributed by atoms with van der Waals surface area (Å²) in [6.07, 6.45) is 14.7. The number of aliphatic hydroxyl groups excluding tert-OH is 1. The summed E-state index contributed by atoms with van der Waals surface area (Å²) in [6, 6.07) is 47.3. The molecular formula is C54H54O11. The lowest BCUT2D eigenvalue weighted by Crippen LogP contribution is -2.20. The van der Waals surface area contributed by atoms with Crippen LogP contribution in [0.15, 0.2) is 182 Å². The van der Waals surface area contributed by atoms with E-state index < -0.39 is 42.1 Å². The zero-order chi connectivity index (χ0) is 46.7. The molecule has 0 aromatic heterocycles. The van der Waals surface area contributed by atoms with Gasteiger partial charge in [-0.3, -0.25) is 0 Å². The Morgan fingerprint density at radius 1 is 0.400 bits per heavy atom. The zero-order valence-electron chi connectivity index (χ0n) is 36.4. The van der Waals surface area contributed by atoms with Crippen LogP contribution in [0.4, 0.5) is 0 Å². The second kappa shape index (κ2) is 31.9. The van der Waals surface area contributed by atoms with Gasteiger partial charge in [0.25, 0.3) is 0 Å². The number of benzene rings is 5. The van der Waals surface area contributed by atoms with Gasteiger partial charge in [-0.1, -0.05) is 152 Å². The molecule has 65 heavy (non-hydrogen) atoms. The van der Waals surface area contributed by atoms with E-state index in [0.717, 1.165) is 27.8 Å². The Morgan fingerprint density at radius 2 is 0.662 bits per heavy atom. The van der Waals surface area contributed by atoms with Crippen LogP contribution in [-0.4, -0.2) is 73.6 Å². The van der Waals surface area contributed by atoms with Crippen LogP contribution in [0, 0.1) is 0 Å². The minimum Gasteiger partial charge on any atom is -0.462 e. The van der Waals surface area contributed by atoms with Gasteiger partial charge in [-0.05, 0) is 72.0 Å². The highest BCUT2D eigenvalue weighted by Crippen LogP contribution is 2.06. The van der Waals surface area contributed by atoms with Crippen LogP contribution in [0.5, 0.6) is 0 Å². The van der Waals surface area contributed by atoms with Gasteiger partial charge in [0, 0.05) is 36.8 Å². The predicted octanol–water partition coefficient (Wildman–Crippen LogP) is 9.40.